The minimum Gasteiger partial charge on any atom is -0.497 e. The van der Waals surface area contributed by atoms with Crippen molar-refractivity contribution in [2.75, 3.05) is 27.4 Å². The summed E-state index contributed by atoms with van der Waals surface area (Å²) in [7, 11) is 3.23. The molecule has 1 amide bonds. The minimum absolute atomic E-state index is 0.0371. The summed E-state index contributed by atoms with van der Waals surface area (Å²) >= 11 is 0. The summed E-state index contributed by atoms with van der Waals surface area (Å²) in [5.41, 5.74) is 4.33. The SMILES string of the molecule is COc1ccc(C(CNC(=O)COc2ccc(C)cc2OC)c2c[nH]c3ccccc23)cc1. The van der Waals surface area contributed by atoms with E-state index >= 15 is 0 Å². The van der Waals surface area contributed by atoms with E-state index in [1.54, 1.807) is 14.2 Å². The summed E-state index contributed by atoms with van der Waals surface area (Å²) in [4.78, 5) is 16.0. The molecule has 3 aromatic carbocycles. The number of ether oxygens (including phenoxy) is 3. The Balaban J connectivity index is 1.50. The molecular formula is C27H28N2O4. The molecule has 4 aromatic rings. The van der Waals surface area contributed by atoms with Gasteiger partial charge in [-0.25, -0.2) is 0 Å². The molecule has 1 atom stereocenters. The Labute approximate surface area is 193 Å². The number of nitrogens with one attached hydrogen (secondary N) is 2. The Kier molecular flexibility index (Phi) is 6.83. The lowest BCUT2D eigenvalue weighted by atomic mass is 9.91. The molecule has 6 heteroatoms. The predicted octanol–water partition coefficient (Wildman–Crippen LogP) is 4.82. The van der Waals surface area contributed by atoms with Crippen LogP contribution in [0.2, 0.25) is 0 Å². The molecule has 0 aliphatic heterocycles. The number of carbonyl (C=O) groups is 1. The average molecular weight is 445 g/mol. The van der Waals surface area contributed by atoms with Crippen LogP contribution in [0.15, 0.2) is 72.9 Å². The number of benzene rings is 3. The van der Waals surface area contributed by atoms with Crippen molar-refractivity contribution in [1.82, 2.24) is 10.3 Å². The summed E-state index contributed by atoms with van der Waals surface area (Å²) in [6.45, 7) is 2.31. The van der Waals surface area contributed by atoms with Gasteiger partial charge >= 0.3 is 0 Å². The molecule has 0 aliphatic carbocycles. The van der Waals surface area contributed by atoms with Gasteiger partial charge in [0.15, 0.2) is 18.1 Å². The topological polar surface area (TPSA) is 72.6 Å². The zero-order chi connectivity index (χ0) is 23.2. The molecular weight excluding hydrogens is 416 g/mol. The van der Waals surface area contributed by atoms with E-state index in [2.05, 4.69) is 16.4 Å². The number of amides is 1. The Bertz CT molecular complexity index is 1230. The molecule has 1 aromatic heterocycles. The molecule has 4 rings (SSSR count). The van der Waals surface area contributed by atoms with Gasteiger partial charge in [0.2, 0.25) is 0 Å². The summed E-state index contributed by atoms with van der Waals surface area (Å²) in [5.74, 6) is 1.71. The maximum atomic E-state index is 12.6. The highest BCUT2D eigenvalue weighted by Crippen LogP contribution is 2.31. The van der Waals surface area contributed by atoms with Crippen LogP contribution in [0, 0.1) is 6.92 Å². The van der Waals surface area contributed by atoms with E-state index in [0.717, 1.165) is 33.3 Å². The number of hydrogen-bond acceptors (Lipinski definition) is 4. The van der Waals surface area contributed by atoms with Crippen molar-refractivity contribution in [3.8, 4) is 17.2 Å². The van der Waals surface area contributed by atoms with Crippen molar-refractivity contribution in [3.63, 3.8) is 0 Å². The van der Waals surface area contributed by atoms with Crippen molar-refractivity contribution >= 4 is 16.8 Å². The number of carbonyl (C=O) groups excluding carboxylic acids is 1. The van der Waals surface area contributed by atoms with E-state index in [1.165, 1.54) is 0 Å². The van der Waals surface area contributed by atoms with Crippen molar-refractivity contribution in [1.29, 1.82) is 0 Å². The van der Waals surface area contributed by atoms with Gasteiger partial charge in [-0.3, -0.25) is 4.79 Å². The minimum atomic E-state index is -0.198. The molecule has 0 spiro atoms. The highest BCUT2D eigenvalue weighted by molar-refractivity contribution is 5.84. The highest BCUT2D eigenvalue weighted by Gasteiger charge is 2.19. The van der Waals surface area contributed by atoms with Gasteiger partial charge in [0.05, 0.1) is 14.2 Å². The molecule has 6 nitrogen and oxygen atoms in total. The molecule has 170 valence electrons. The number of hydrogen-bond donors (Lipinski definition) is 2. The van der Waals surface area contributed by atoms with Crippen LogP contribution in [0.25, 0.3) is 10.9 Å². The lowest BCUT2D eigenvalue weighted by Crippen LogP contribution is -2.32. The first kappa shape index (κ1) is 22.3. The number of methoxy groups -OCH3 is 2. The third-order valence-corrected chi connectivity index (χ3v) is 5.70. The first-order valence-corrected chi connectivity index (χ1v) is 10.8. The third-order valence-electron chi connectivity index (χ3n) is 5.70. The second kappa shape index (κ2) is 10.1. The van der Waals surface area contributed by atoms with Crippen molar-refractivity contribution in [2.24, 2.45) is 0 Å². The van der Waals surface area contributed by atoms with Gasteiger partial charge in [0.1, 0.15) is 5.75 Å². The highest BCUT2D eigenvalue weighted by atomic mass is 16.5. The van der Waals surface area contributed by atoms with E-state index in [-0.39, 0.29) is 18.4 Å². The van der Waals surface area contributed by atoms with Crippen molar-refractivity contribution < 1.29 is 19.0 Å². The Morgan fingerprint density at radius 3 is 2.52 bits per heavy atom. The molecule has 2 N–H and O–H groups in total. The maximum Gasteiger partial charge on any atom is 0.257 e. The van der Waals surface area contributed by atoms with Gasteiger partial charge in [-0.05, 0) is 53.9 Å². The number of para-hydroxylation sites is 1. The monoisotopic (exact) mass is 444 g/mol. The first-order valence-electron chi connectivity index (χ1n) is 10.8. The van der Waals surface area contributed by atoms with Gasteiger partial charge in [-0.15, -0.1) is 0 Å². The molecule has 0 saturated carbocycles. The summed E-state index contributed by atoms with van der Waals surface area (Å²) in [5, 5.41) is 4.16. The Hall–Kier alpha value is -3.93. The predicted molar refractivity (Wildman–Crippen MR) is 129 cm³/mol. The van der Waals surface area contributed by atoms with Gasteiger partial charge in [0, 0.05) is 29.6 Å². The van der Waals surface area contributed by atoms with Crippen molar-refractivity contribution in [3.05, 3.63) is 89.6 Å². The molecule has 0 fully saturated rings. The molecule has 1 heterocycles. The van der Waals surface area contributed by atoms with Crippen LogP contribution in [0.4, 0.5) is 0 Å². The van der Waals surface area contributed by atoms with E-state index in [1.807, 2.05) is 73.8 Å². The van der Waals surface area contributed by atoms with Gasteiger partial charge in [-0.1, -0.05) is 36.4 Å². The molecule has 0 aliphatic rings. The van der Waals surface area contributed by atoms with E-state index < -0.39 is 0 Å². The van der Waals surface area contributed by atoms with E-state index in [0.29, 0.717) is 18.0 Å². The Morgan fingerprint density at radius 2 is 1.76 bits per heavy atom. The van der Waals surface area contributed by atoms with Gasteiger partial charge in [0.25, 0.3) is 5.91 Å². The largest absolute Gasteiger partial charge is 0.497 e. The van der Waals surface area contributed by atoms with Crippen molar-refractivity contribution in [2.45, 2.75) is 12.8 Å². The molecule has 0 bridgehead atoms. The fourth-order valence-electron chi connectivity index (χ4n) is 3.93. The molecule has 1 unspecified atom stereocenters. The second-order valence-electron chi connectivity index (χ2n) is 7.86. The number of aromatic amines is 1. The first-order chi connectivity index (χ1) is 16.1. The number of fused-ring (bicyclic) bond motifs is 1. The summed E-state index contributed by atoms with van der Waals surface area (Å²) < 4.78 is 16.4. The van der Waals surface area contributed by atoms with Crippen LogP contribution < -0.4 is 19.5 Å². The molecule has 33 heavy (non-hydrogen) atoms. The number of aryl methyl sites for hydroxylation is 1. The summed E-state index contributed by atoms with van der Waals surface area (Å²) in [6, 6.07) is 21.7. The summed E-state index contributed by atoms with van der Waals surface area (Å²) in [6.07, 6.45) is 2.01. The second-order valence-corrected chi connectivity index (χ2v) is 7.86. The van der Waals surface area contributed by atoms with Crippen LogP contribution in [-0.2, 0) is 4.79 Å². The quantitative estimate of drug-likeness (QED) is 0.388. The van der Waals surface area contributed by atoms with Crippen LogP contribution in [0.5, 0.6) is 17.2 Å². The lowest BCUT2D eigenvalue weighted by molar-refractivity contribution is -0.123. The number of aromatic nitrogens is 1. The number of rotatable bonds is 9. The zero-order valence-electron chi connectivity index (χ0n) is 19.1. The third kappa shape index (κ3) is 5.12. The lowest BCUT2D eigenvalue weighted by Gasteiger charge is -2.19. The average Bonchev–Trinajstić information content (AvgIpc) is 3.27. The fraction of sp³-hybridized carbons (Fsp3) is 0.222. The van der Waals surface area contributed by atoms with Crippen LogP contribution in [0.1, 0.15) is 22.6 Å². The smallest absolute Gasteiger partial charge is 0.257 e. The normalized spacial score (nSPS) is 11.7. The van der Waals surface area contributed by atoms with Gasteiger partial charge < -0.3 is 24.5 Å². The molecule has 0 saturated heterocycles. The fourth-order valence-corrected chi connectivity index (χ4v) is 3.93. The number of H-pyrrole nitrogens is 1. The van der Waals surface area contributed by atoms with E-state index in [4.69, 9.17) is 14.2 Å². The maximum absolute atomic E-state index is 12.6. The van der Waals surface area contributed by atoms with E-state index in [9.17, 15) is 4.79 Å². The van der Waals surface area contributed by atoms with Crippen LogP contribution in [-0.4, -0.2) is 38.3 Å². The zero-order valence-corrected chi connectivity index (χ0v) is 19.1. The van der Waals surface area contributed by atoms with Gasteiger partial charge in [-0.2, -0.15) is 0 Å². The Morgan fingerprint density at radius 1 is 0.970 bits per heavy atom. The van der Waals surface area contributed by atoms with Crippen LogP contribution >= 0.6 is 0 Å². The van der Waals surface area contributed by atoms with Crippen LogP contribution in [0.3, 0.4) is 0 Å². The molecule has 0 radical (unpaired) electrons. The standard InChI is InChI=1S/C27H28N2O4/c1-18-8-13-25(26(14-18)32-3)33-17-27(30)29-15-22(19-9-11-20(31-2)12-10-19)23-16-28-24-7-5-4-6-21(23)24/h4-14,16,22,28H,15,17H2,1-3H3,(H,29,30).